The van der Waals surface area contributed by atoms with Gasteiger partial charge in [0.25, 0.3) is 0 Å². The summed E-state index contributed by atoms with van der Waals surface area (Å²) in [4.78, 5) is 18.6. The average Bonchev–Trinajstić information content (AvgIpc) is 3.78. The van der Waals surface area contributed by atoms with Gasteiger partial charge in [0.1, 0.15) is 17.7 Å². The molecule has 2 saturated heterocycles. The van der Waals surface area contributed by atoms with Crippen LogP contribution in [-0.2, 0) is 12.0 Å². The molecule has 272 valence electrons. The quantitative estimate of drug-likeness (QED) is 0.169. The molecular weight excluding hydrogens is 651 g/mol. The summed E-state index contributed by atoms with van der Waals surface area (Å²) in [6.07, 6.45) is 10.8. The summed E-state index contributed by atoms with van der Waals surface area (Å²) in [5.74, 6) is 2.30. The Hall–Kier alpha value is -4.90. The number of anilines is 2. The summed E-state index contributed by atoms with van der Waals surface area (Å²) in [6.45, 7) is 11.6. The van der Waals surface area contributed by atoms with Gasteiger partial charge in [-0.15, -0.1) is 10.2 Å². The van der Waals surface area contributed by atoms with Crippen molar-refractivity contribution in [3.05, 3.63) is 95.3 Å². The van der Waals surface area contributed by atoms with Gasteiger partial charge in [-0.3, -0.25) is 14.6 Å². The lowest BCUT2D eigenvalue weighted by molar-refractivity contribution is 0.171. The van der Waals surface area contributed by atoms with Gasteiger partial charge in [0.15, 0.2) is 5.65 Å². The predicted molar refractivity (Wildman–Crippen MR) is 204 cm³/mol. The van der Waals surface area contributed by atoms with Gasteiger partial charge in [-0.25, -0.2) is 9.48 Å². The summed E-state index contributed by atoms with van der Waals surface area (Å²) in [5.41, 5.74) is 5.90. The van der Waals surface area contributed by atoms with Crippen LogP contribution in [0.25, 0.3) is 11.3 Å². The number of hydrogen-bond acceptors (Lipinski definition) is 7. The highest BCUT2D eigenvalue weighted by atomic mass is 16.5. The maximum atomic E-state index is 13.8. The smallest absolute Gasteiger partial charge is 0.320 e. The van der Waals surface area contributed by atoms with E-state index < -0.39 is 0 Å². The van der Waals surface area contributed by atoms with E-state index in [2.05, 4.69) is 87.8 Å². The number of nitrogens with one attached hydrogen (secondary N) is 2. The summed E-state index contributed by atoms with van der Waals surface area (Å²) in [5, 5.41) is 20.4. The van der Waals surface area contributed by atoms with Crippen LogP contribution in [0.3, 0.4) is 0 Å². The Labute approximate surface area is 306 Å². The molecule has 0 unspecified atom stereocenters. The van der Waals surface area contributed by atoms with E-state index in [4.69, 9.17) is 9.84 Å². The van der Waals surface area contributed by atoms with Crippen molar-refractivity contribution in [3.63, 3.8) is 0 Å². The molecule has 2 atom stereocenters. The van der Waals surface area contributed by atoms with E-state index in [9.17, 15) is 4.79 Å². The number of urea groups is 1. The molecule has 1 aliphatic carbocycles. The van der Waals surface area contributed by atoms with E-state index in [0.717, 1.165) is 85.4 Å². The lowest BCUT2D eigenvalue weighted by atomic mass is 9.85. The number of hydrogen-bond donors (Lipinski definition) is 2. The second-order valence-electron chi connectivity index (χ2n) is 15.7. The van der Waals surface area contributed by atoms with Gasteiger partial charge in [0.2, 0.25) is 5.95 Å². The number of carbonyl (C=O) groups excluding carboxylic acids is 1. The minimum absolute atomic E-state index is 0.141. The standard InChI is InChI=1S/C41H51N9O2/c1-41(2,3)36-26-38(50(46-36)30-14-12-13-29(25-30)27-47-21-8-4-9-22-47)43-39(51)42-34-18-19-35(33-16-7-6-15-32(33)34)52-31-17-20-37-44-45-40(49(37)28-31)48-23-10-5-11-24-48/h6-7,12-17,20,25-26,28,34-35H,4-5,8-11,18-19,21-24,27H2,1-3H3,(H2,42,43,51)/t34-,35+/m0/s1. The van der Waals surface area contributed by atoms with Crippen LogP contribution in [-0.4, -0.2) is 61.5 Å². The number of pyridine rings is 1. The molecule has 0 spiro atoms. The zero-order valence-corrected chi connectivity index (χ0v) is 30.7. The van der Waals surface area contributed by atoms with Gasteiger partial charge in [-0.1, -0.05) is 63.6 Å². The van der Waals surface area contributed by atoms with Crippen molar-refractivity contribution in [2.75, 3.05) is 36.4 Å². The number of aromatic nitrogens is 5. The fourth-order valence-electron chi connectivity index (χ4n) is 7.93. The molecule has 2 amide bonds. The third-order valence-electron chi connectivity index (χ3n) is 10.7. The molecule has 3 aliphatic rings. The minimum Gasteiger partial charge on any atom is -0.484 e. The van der Waals surface area contributed by atoms with Crippen LogP contribution in [0.1, 0.15) is 107 Å². The van der Waals surface area contributed by atoms with E-state index in [-0.39, 0.29) is 23.6 Å². The Bertz CT molecular complexity index is 2020. The third-order valence-corrected chi connectivity index (χ3v) is 10.7. The number of nitrogens with zero attached hydrogens (tertiary/aromatic N) is 7. The van der Waals surface area contributed by atoms with Gasteiger partial charge in [-0.2, -0.15) is 5.10 Å². The van der Waals surface area contributed by atoms with Crippen molar-refractivity contribution in [1.82, 2.24) is 34.6 Å². The number of fused-ring (bicyclic) bond motifs is 2. The summed E-state index contributed by atoms with van der Waals surface area (Å²) >= 11 is 0. The summed E-state index contributed by atoms with van der Waals surface area (Å²) < 4.78 is 10.6. The Morgan fingerprint density at radius 2 is 1.62 bits per heavy atom. The van der Waals surface area contributed by atoms with Gasteiger partial charge < -0.3 is 15.0 Å². The highest BCUT2D eigenvalue weighted by Gasteiger charge is 2.30. The second-order valence-corrected chi connectivity index (χ2v) is 15.7. The molecule has 2 fully saturated rings. The van der Waals surface area contributed by atoms with E-state index in [0.29, 0.717) is 5.82 Å². The van der Waals surface area contributed by atoms with Crippen molar-refractivity contribution in [1.29, 1.82) is 0 Å². The highest BCUT2D eigenvalue weighted by molar-refractivity contribution is 5.89. The first-order chi connectivity index (χ1) is 25.3. The van der Waals surface area contributed by atoms with Crippen LogP contribution >= 0.6 is 0 Å². The van der Waals surface area contributed by atoms with Gasteiger partial charge in [0.05, 0.1) is 23.6 Å². The van der Waals surface area contributed by atoms with Crippen LogP contribution < -0.4 is 20.3 Å². The normalized spacial score (nSPS) is 19.7. The van der Waals surface area contributed by atoms with Crippen LogP contribution in [0, 0.1) is 0 Å². The lowest BCUT2D eigenvalue weighted by Gasteiger charge is -2.32. The highest BCUT2D eigenvalue weighted by Crippen LogP contribution is 2.39. The number of rotatable bonds is 8. The van der Waals surface area contributed by atoms with Crippen molar-refractivity contribution in [2.45, 2.75) is 96.2 Å². The van der Waals surface area contributed by atoms with Crippen molar-refractivity contribution >= 4 is 23.4 Å². The summed E-state index contributed by atoms with van der Waals surface area (Å²) in [7, 11) is 0. The monoisotopic (exact) mass is 701 g/mol. The molecule has 2 aliphatic heterocycles. The Balaban J connectivity index is 0.985. The van der Waals surface area contributed by atoms with Crippen molar-refractivity contribution in [2.24, 2.45) is 0 Å². The number of carbonyl (C=O) groups is 1. The zero-order valence-electron chi connectivity index (χ0n) is 30.7. The van der Waals surface area contributed by atoms with Crippen molar-refractivity contribution in [3.8, 4) is 11.4 Å². The van der Waals surface area contributed by atoms with E-state index in [1.807, 2.05) is 45.6 Å². The molecule has 8 rings (SSSR count). The molecule has 2 N–H and O–H groups in total. The first kappa shape index (κ1) is 34.2. The molecule has 5 heterocycles. The number of ether oxygens (including phenoxy) is 1. The molecule has 0 radical (unpaired) electrons. The molecule has 2 aromatic carbocycles. The molecule has 3 aromatic heterocycles. The van der Waals surface area contributed by atoms with Gasteiger partial charge in [-0.05, 0) is 99.0 Å². The van der Waals surface area contributed by atoms with Crippen molar-refractivity contribution < 1.29 is 9.53 Å². The van der Waals surface area contributed by atoms with E-state index in [1.165, 1.54) is 44.1 Å². The fraction of sp³-hybridized carbons (Fsp3) is 0.463. The Morgan fingerprint density at radius 3 is 2.40 bits per heavy atom. The summed E-state index contributed by atoms with van der Waals surface area (Å²) in [6, 6.07) is 22.4. The zero-order chi connectivity index (χ0) is 35.7. The molecule has 11 heteroatoms. The average molecular weight is 702 g/mol. The van der Waals surface area contributed by atoms with Crippen LogP contribution in [0.15, 0.2) is 72.9 Å². The van der Waals surface area contributed by atoms with Crippen LogP contribution in [0.5, 0.6) is 5.75 Å². The van der Waals surface area contributed by atoms with Gasteiger partial charge in [0, 0.05) is 31.1 Å². The molecule has 52 heavy (non-hydrogen) atoms. The Kier molecular flexibility index (Phi) is 9.61. The maximum absolute atomic E-state index is 13.8. The Morgan fingerprint density at radius 1 is 0.846 bits per heavy atom. The van der Waals surface area contributed by atoms with Crippen LogP contribution in [0.4, 0.5) is 16.6 Å². The minimum atomic E-state index is -0.256. The second kappa shape index (κ2) is 14.6. The number of benzene rings is 2. The molecule has 0 bridgehead atoms. The van der Waals surface area contributed by atoms with E-state index >= 15 is 0 Å². The van der Waals surface area contributed by atoms with Gasteiger partial charge >= 0.3 is 6.03 Å². The number of piperidine rings is 2. The number of likely N-dealkylation sites (tertiary alicyclic amines) is 1. The maximum Gasteiger partial charge on any atom is 0.320 e. The molecule has 5 aromatic rings. The topological polar surface area (TPSA) is 105 Å². The molecular formula is C41H51N9O2. The predicted octanol–water partition coefficient (Wildman–Crippen LogP) is 7.97. The molecule has 0 saturated carbocycles. The fourth-order valence-corrected chi connectivity index (χ4v) is 7.93. The largest absolute Gasteiger partial charge is 0.484 e. The first-order valence-corrected chi connectivity index (χ1v) is 19.1. The lowest BCUT2D eigenvalue weighted by Crippen LogP contribution is -2.36. The van der Waals surface area contributed by atoms with E-state index in [1.54, 1.807) is 0 Å². The number of amides is 2. The van der Waals surface area contributed by atoms with Crippen LogP contribution in [0.2, 0.25) is 0 Å². The molecule has 11 nitrogen and oxygen atoms in total. The SMILES string of the molecule is CC(C)(C)c1cc(NC(=O)N[C@H]2CC[C@@H](Oc3ccc4nnc(N5CCCCC5)n4c3)c3ccccc32)n(-c2cccc(CN3CCCCC3)c2)n1. The first-order valence-electron chi connectivity index (χ1n) is 19.1. The third kappa shape index (κ3) is 7.37.